The normalized spacial score (nSPS) is 11.2. The first-order valence-electron chi connectivity index (χ1n) is 10.9. The average molecular weight is 392 g/mol. The molecular weight excluding hydrogens is 354 g/mol. The molecule has 0 aliphatic rings. The summed E-state index contributed by atoms with van der Waals surface area (Å²) >= 11 is 0. The molecule has 1 aromatic heterocycles. The van der Waals surface area contributed by atoms with Crippen molar-refractivity contribution in [3.8, 4) is 5.75 Å². The Morgan fingerprint density at radius 3 is 2.11 bits per heavy atom. The van der Waals surface area contributed by atoms with Gasteiger partial charge in [0.25, 0.3) is 0 Å². The van der Waals surface area contributed by atoms with Crippen molar-refractivity contribution in [3.05, 3.63) is 34.3 Å². The molecule has 0 atom stereocenters. The van der Waals surface area contributed by atoms with E-state index in [1.807, 2.05) is 0 Å². The van der Waals surface area contributed by atoms with E-state index in [2.05, 4.69) is 11.9 Å². The van der Waals surface area contributed by atoms with Crippen LogP contribution in [-0.4, -0.2) is 22.7 Å². The number of hydrogen-bond donors (Lipinski definition) is 2. The number of hydrogen-bond acceptors (Lipinski definition) is 3. The molecule has 0 radical (unpaired) electrons. The SMILES string of the molecule is CCCCCCCCCCCCCCOc1ccc(=O)[nH]c1/C=C/CC(=O)O. The van der Waals surface area contributed by atoms with Crippen LogP contribution in [0.15, 0.2) is 23.0 Å². The molecule has 0 saturated carbocycles. The van der Waals surface area contributed by atoms with E-state index in [1.54, 1.807) is 12.1 Å². The van der Waals surface area contributed by atoms with Crippen molar-refractivity contribution in [1.29, 1.82) is 0 Å². The summed E-state index contributed by atoms with van der Waals surface area (Å²) < 4.78 is 5.77. The number of aromatic nitrogens is 1. The van der Waals surface area contributed by atoms with E-state index in [-0.39, 0.29) is 12.0 Å². The molecule has 0 aromatic carbocycles. The highest BCUT2D eigenvalue weighted by molar-refractivity contribution is 5.70. The van der Waals surface area contributed by atoms with Crippen molar-refractivity contribution in [3.63, 3.8) is 0 Å². The van der Waals surface area contributed by atoms with Crippen LogP contribution in [0.25, 0.3) is 6.08 Å². The second-order valence-corrected chi connectivity index (χ2v) is 7.34. The summed E-state index contributed by atoms with van der Waals surface area (Å²) in [6.07, 6.45) is 18.6. The lowest BCUT2D eigenvalue weighted by Crippen LogP contribution is -2.08. The highest BCUT2D eigenvalue weighted by Crippen LogP contribution is 2.17. The van der Waals surface area contributed by atoms with Gasteiger partial charge >= 0.3 is 5.97 Å². The zero-order valence-electron chi connectivity index (χ0n) is 17.4. The van der Waals surface area contributed by atoms with Gasteiger partial charge in [-0.1, -0.05) is 83.6 Å². The van der Waals surface area contributed by atoms with Crippen LogP contribution in [0, 0.1) is 0 Å². The topological polar surface area (TPSA) is 79.4 Å². The number of pyridine rings is 1. The molecule has 0 unspecified atom stereocenters. The summed E-state index contributed by atoms with van der Waals surface area (Å²) in [6, 6.07) is 3.06. The van der Waals surface area contributed by atoms with Crippen molar-refractivity contribution in [2.75, 3.05) is 6.61 Å². The number of unbranched alkanes of at least 4 members (excludes halogenated alkanes) is 11. The minimum Gasteiger partial charge on any atom is -0.491 e. The lowest BCUT2D eigenvalue weighted by molar-refractivity contribution is -0.135. The molecule has 0 amide bonds. The van der Waals surface area contributed by atoms with Crippen molar-refractivity contribution in [1.82, 2.24) is 4.98 Å². The average Bonchev–Trinajstić information content (AvgIpc) is 2.66. The minimum atomic E-state index is -0.909. The number of carboxylic acids is 1. The maximum atomic E-state index is 11.5. The van der Waals surface area contributed by atoms with Crippen LogP contribution in [0.2, 0.25) is 0 Å². The number of aliphatic carboxylic acids is 1. The standard InChI is InChI=1S/C23H37NO4/c1-2-3-4-5-6-7-8-9-10-11-12-13-19-28-21-17-18-22(25)24-20(21)15-14-16-23(26)27/h14-15,17-18H,2-13,16,19H2,1H3,(H,24,25)(H,26,27)/b15-14+. The van der Waals surface area contributed by atoms with Crippen LogP contribution in [0.1, 0.15) is 96.1 Å². The lowest BCUT2D eigenvalue weighted by Gasteiger charge is -2.09. The molecule has 0 aliphatic heterocycles. The Hall–Kier alpha value is -2.04. The largest absolute Gasteiger partial charge is 0.491 e. The van der Waals surface area contributed by atoms with Gasteiger partial charge in [-0.15, -0.1) is 0 Å². The van der Waals surface area contributed by atoms with E-state index in [0.29, 0.717) is 18.1 Å². The van der Waals surface area contributed by atoms with E-state index in [4.69, 9.17) is 9.84 Å². The first kappa shape index (κ1) is 24.0. The Morgan fingerprint density at radius 2 is 1.54 bits per heavy atom. The highest BCUT2D eigenvalue weighted by atomic mass is 16.5. The Labute approximate surface area is 169 Å². The summed E-state index contributed by atoms with van der Waals surface area (Å²) in [6.45, 7) is 2.85. The van der Waals surface area contributed by atoms with Gasteiger partial charge in [-0.05, 0) is 18.6 Å². The van der Waals surface area contributed by atoms with Crippen molar-refractivity contribution >= 4 is 12.0 Å². The predicted molar refractivity (Wildman–Crippen MR) is 115 cm³/mol. The molecule has 0 spiro atoms. The Kier molecular flexibility index (Phi) is 13.7. The summed E-state index contributed by atoms with van der Waals surface area (Å²) in [5.74, 6) is -0.321. The number of nitrogens with one attached hydrogen (secondary N) is 1. The fraction of sp³-hybridized carbons (Fsp3) is 0.652. The van der Waals surface area contributed by atoms with E-state index in [1.165, 1.54) is 76.4 Å². The monoisotopic (exact) mass is 391 g/mol. The van der Waals surface area contributed by atoms with E-state index in [0.717, 1.165) is 12.8 Å². The molecular formula is C23H37NO4. The third kappa shape index (κ3) is 12.4. The molecule has 1 aromatic rings. The molecule has 5 nitrogen and oxygen atoms in total. The first-order chi connectivity index (χ1) is 13.6. The minimum absolute atomic E-state index is 0.0882. The summed E-state index contributed by atoms with van der Waals surface area (Å²) in [5, 5.41) is 8.70. The lowest BCUT2D eigenvalue weighted by atomic mass is 10.1. The van der Waals surface area contributed by atoms with Gasteiger partial charge in [0, 0.05) is 6.07 Å². The Bertz CT molecular complexity index is 621. The molecule has 158 valence electrons. The van der Waals surface area contributed by atoms with Crippen molar-refractivity contribution in [2.24, 2.45) is 0 Å². The maximum Gasteiger partial charge on any atom is 0.307 e. The molecule has 1 heterocycles. The molecule has 1 rings (SSSR count). The van der Waals surface area contributed by atoms with Crippen LogP contribution in [-0.2, 0) is 4.79 Å². The molecule has 0 bridgehead atoms. The number of carbonyl (C=O) groups is 1. The molecule has 0 saturated heterocycles. The van der Waals surface area contributed by atoms with Gasteiger partial charge in [0.15, 0.2) is 0 Å². The van der Waals surface area contributed by atoms with E-state index < -0.39 is 5.97 Å². The molecule has 5 heteroatoms. The van der Waals surface area contributed by atoms with E-state index in [9.17, 15) is 9.59 Å². The van der Waals surface area contributed by atoms with E-state index >= 15 is 0 Å². The second-order valence-electron chi connectivity index (χ2n) is 7.34. The smallest absolute Gasteiger partial charge is 0.307 e. The van der Waals surface area contributed by atoms with Crippen LogP contribution in [0.5, 0.6) is 5.75 Å². The molecule has 0 aliphatic carbocycles. The van der Waals surface area contributed by atoms with Gasteiger partial charge < -0.3 is 14.8 Å². The Balaban J connectivity index is 2.12. The number of rotatable bonds is 17. The maximum absolute atomic E-state index is 11.5. The molecule has 2 N–H and O–H groups in total. The zero-order chi connectivity index (χ0) is 20.5. The quantitative estimate of drug-likeness (QED) is 0.322. The summed E-state index contributed by atoms with van der Waals surface area (Å²) in [5.41, 5.74) is 0.292. The van der Waals surface area contributed by atoms with Crippen LogP contribution >= 0.6 is 0 Å². The van der Waals surface area contributed by atoms with Gasteiger partial charge in [-0.25, -0.2) is 0 Å². The second kappa shape index (κ2) is 16.0. The van der Waals surface area contributed by atoms with Crippen LogP contribution in [0.3, 0.4) is 0 Å². The van der Waals surface area contributed by atoms with Crippen LogP contribution in [0.4, 0.5) is 0 Å². The number of aromatic amines is 1. The predicted octanol–water partition coefficient (Wildman–Crippen LogP) is 5.94. The van der Waals surface area contributed by atoms with Gasteiger partial charge in [0.2, 0.25) is 5.56 Å². The van der Waals surface area contributed by atoms with Gasteiger partial charge in [-0.2, -0.15) is 0 Å². The molecule has 0 fully saturated rings. The zero-order valence-corrected chi connectivity index (χ0v) is 17.4. The first-order valence-corrected chi connectivity index (χ1v) is 10.9. The number of carboxylic acid groups (broad SMARTS) is 1. The number of ether oxygens (including phenoxy) is 1. The Morgan fingerprint density at radius 1 is 0.964 bits per heavy atom. The third-order valence-corrected chi connectivity index (χ3v) is 4.74. The third-order valence-electron chi connectivity index (χ3n) is 4.74. The van der Waals surface area contributed by atoms with Gasteiger partial charge in [0.05, 0.1) is 18.7 Å². The van der Waals surface area contributed by atoms with Crippen molar-refractivity contribution < 1.29 is 14.6 Å². The fourth-order valence-electron chi connectivity index (χ4n) is 3.13. The highest BCUT2D eigenvalue weighted by Gasteiger charge is 2.03. The fourth-order valence-corrected chi connectivity index (χ4v) is 3.13. The van der Waals surface area contributed by atoms with Gasteiger partial charge in [-0.3, -0.25) is 9.59 Å². The number of H-pyrrole nitrogens is 1. The van der Waals surface area contributed by atoms with Crippen LogP contribution < -0.4 is 10.3 Å². The van der Waals surface area contributed by atoms with Gasteiger partial charge in [0.1, 0.15) is 5.75 Å². The summed E-state index contributed by atoms with van der Waals surface area (Å²) in [4.78, 5) is 24.7. The summed E-state index contributed by atoms with van der Waals surface area (Å²) in [7, 11) is 0. The van der Waals surface area contributed by atoms with Crippen molar-refractivity contribution in [2.45, 2.75) is 90.4 Å². The molecule has 28 heavy (non-hydrogen) atoms.